The molecule has 0 bridgehead atoms. The van der Waals surface area contributed by atoms with E-state index in [1.165, 1.54) is 16.0 Å². The van der Waals surface area contributed by atoms with Crippen LogP contribution in [0.5, 0.6) is 5.75 Å². The summed E-state index contributed by atoms with van der Waals surface area (Å²) in [7, 11) is 0. The number of nitrogens with zero attached hydrogens (tertiary/aromatic N) is 3. The van der Waals surface area contributed by atoms with Crippen molar-refractivity contribution < 1.29 is 14.3 Å². The molecule has 9 nitrogen and oxygen atoms in total. The van der Waals surface area contributed by atoms with Crippen LogP contribution in [0.1, 0.15) is 34.1 Å². The first-order valence-corrected chi connectivity index (χ1v) is 11.6. The molecule has 0 saturated heterocycles. The van der Waals surface area contributed by atoms with Gasteiger partial charge in [0.2, 0.25) is 11.1 Å². The number of amides is 2. The number of benzene rings is 1. The number of anilines is 1. The molecule has 1 aromatic carbocycles. The Labute approximate surface area is 187 Å². The van der Waals surface area contributed by atoms with Crippen LogP contribution in [0.4, 0.5) is 5.00 Å². The third-order valence-corrected chi connectivity index (χ3v) is 6.99. The molecule has 1 aliphatic carbocycles. The molecule has 2 heterocycles. The number of hydrogen-bond donors (Lipinski definition) is 3. The number of primary amides is 1. The number of nitrogens with two attached hydrogens (primary N) is 2. The van der Waals surface area contributed by atoms with Crippen LogP contribution >= 0.6 is 23.1 Å². The molecule has 31 heavy (non-hydrogen) atoms. The van der Waals surface area contributed by atoms with E-state index in [4.69, 9.17) is 16.3 Å². The Kier molecular flexibility index (Phi) is 6.14. The lowest BCUT2D eigenvalue weighted by atomic mass is 10.1. The van der Waals surface area contributed by atoms with Gasteiger partial charge in [-0.3, -0.25) is 9.59 Å². The highest BCUT2D eigenvalue weighted by atomic mass is 32.2. The third-order valence-electron chi connectivity index (χ3n) is 4.84. The van der Waals surface area contributed by atoms with Crippen LogP contribution in [-0.4, -0.2) is 39.0 Å². The number of carbonyl (C=O) groups is 2. The summed E-state index contributed by atoms with van der Waals surface area (Å²) in [4.78, 5) is 25.5. The second-order valence-corrected chi connectivity index (χ2v) is 8.94. The van der Waals surface area contributed by atoms with Crippen molar-refractivity contribution in [2.45, 2.75) is 31.3 Å². The number of fused-ring (bicyclic) bond motifs is 1. The summed E-state index contributed by atoms with van der Waals surface area (Å²) in [5.41, 5.74) is 7.74. The minimum absolute atomic E-state index is 0.0688. The first-order chi connectivity index (χ1) is 15.0. The molecular formula is C20H22N6O3S2. The van der Waals surface area contributed by atoms with Gasteiger partial charge >= 0.3 is 0 Å². The summed E-state index contributed by atoms with van der Waals surface area (Å²) in [5, 5.41) is 12.0. The molecule has 0 saturated carbocycles. The van der Waals surface area contributed by atoms with Crippen LogP contribution < -0.4 is 21.6 Å². The van der Waals surface area contributed by atoms with Crippen LogP contribution in [0.25, 0.3) is 11.4 Å². The Morgan fingerprint density at radius 1 is 1.26 bits per heavy atom. The van der Waals surface area contributed by atoms with Crippen molar-refractivity contribution in [2.75, 3.05) is 23.5 Å². The van der Waals surface area contributed by atoms with E-state index in [9.17, 15) is 9.59 Å². The Balaban J connectivity index is 1.41. The van der Waals surface area contributed by atoms with Crippen LogP contribution in [0, 0.1) is 0 Å². The van der Waals surface area contributed by atoms with E-state index in [1.54, 1.807) is 0 Å². The van der Waals surface area contributed by atoms with E-state index in [-0.39, 0.29) is 11.7 Å². The summed E-state index contributed by atoms with van der Waals surface area (Å²) >= 11 is 2.59. The molecular weight excluding hydrogens is 436 g/mol. The van der Waals surface area contributed by atoms with Gasteiger partial charge in [0, 0.05) is 10.4 Å². The van der Waals surface area contributed by atoms with Gasteiger partial charge in [0.1, 0.15) is 10.8 Å². The standard InChI is InChI=1S/C20H22N6O3S2/c1-2-29-12-8-6-11(7-9-12)18-24-25-20(26(18)22)30-10-15(27)23-19-16(17(21)28)13-4-3-5-14(13)31-19/h6-9H,2-5,10,22H2,1H3,(H2,21,28)(H,23,27). The average Bonchev–Trinajstić information content (AvgIpc) is 3.42. The predicted molar refractivity (Wildman–Crippen MR) is 121 cm³/mol. The molecule has 2 amide bonds. The number of thioether (sulfide) groups is 1. The van der Waals surface area contributed by atoms with Crippen molar-refractivity contribution in [3.63, 3.8) is 0 Å². The minimum atomic E-state index is -0.510. The van der Waals surface area contributed by atoms with E-state index < -0.39 is 5.91 Å². The lowest BCUT2D eigenvalue weighted by molar-refractivity contribution is -0.113. The summed E-state index contributed by atoms with van der Waals surface area (Å²) < 4.78 is 6.79. The quantitative estimate of drug-likeness (QED) is 0.348. The molecule has 2 aromatic heterocycles. The van der Waals surface area contributed by atoms with E-state index in [1.807, 2.05) is 31.2 Å². The first-order valence-electron chi connectivity index (χ1n) is 9.78. The number of nitrogen functional groups attached to an aromatic ring is 1. The fourth-order valence-corrected chi connectivity index (χ4v) is 5.45. The van der Waals surface area contributed by atoms with Crippen LogP contribution in [0.15, 0.2) is 29.4 Å². The van der Waals surface area contributed by atoms with E-state index in [2.05, 4.69) is 15.5 Å². The van der Waals surface area contributed by atoms with Gasteiger partial charge in [0.05, 0.1) is 17.9 Å². The highest BCUT2D eigenvalue weighted by molar-refractivity contribution is 7.99. The molecule has 0 aliphatic heterocycles. The molecule has 0 unspecified atom stereocenters. The largest absolute Gasteiger partial charge is 0.494 e. The summed E-state index contributed by atoms with van der Waals surface area (Å²) in [6.07, 6.45) is 2.74. The van der Waals surface area contributed by atoms with Crippen molar-refractivity contribution in [1.29, 1.82) is 0 Å². The monoisotopic (exact) mass is 458 g/mol. The topological polar surface area (TPSA) is 138 Å². The molecule has 1 aliphatic rings. The van der Waals surface area contributed by atoms with Gasteiger partial charge in [-0.25, -0.2) is 4.68 Å². The maximum Gasteiger partial charge on any atom is 0.251 e. The zero-order chi connectivity index (χ0) is 22.0. The Bertz CT molecular complexity index is 1120. The van der Waals surface area contributed by atoms with Gasteiger partial charge in [0.25, 0.3) is 5.91 Å². The minimum Gasteiger partial charge on any atom is -0.494 e. The van der Waals surface area contributed by atoms with Gasteiger partial charge in [0.15, 0.2) is 5.82 Å². The molecule has 0 atom stereocenters. The van der Waals surface area contributed by atoms with Crippen molar-refractivity contribution in [3.8, 4) is 17.1 Å². The van der Waals surface area contributed by atoms with Crippen LogP contribution in [-0.2, 0) is 17.6 Å². The second-order valence-electron chi connectivity index (χ2n) is 6.90. The molecule has 0 spiro atoms. The number of nitrogens with one attached hydrogen (secondary N) is 1. The maximum atomic E-state index is 12.5. The molecule has 5 N–H and O–H groups in total. The number of ether oxygens (including phenoxy) is 1. The van der Waals surface area contributed by atoms with Crippen LogP contribution in [0.2, 0.25) is 0 Å². The third kappa shape index (κ3) is 4.37. The molecule has 4 rings (SSSR count). The summed E-state index contributed by atoms with van der Waals surface area (Å²) in [6, 6.07) is 7.37. The van der Waals surface area contributed by atoms with Crippen LogP contribution in [0.3, 0.4) is 0 Å². The fraction of sp³-hybridized carbons (Fsp3) is 0.300. The molecule has 0 radical (unpaired) electrons. The smallest absolute Gasteiger partial charge is 0.251 e. The Morgan fingerprint density at radius 2 is 2.03 bits per heavy atom. The van der Waals surface area contributed by atoms with Crippen molar-refractivity contribution >= 4 is 39.9 Å². The number of thiophene rings is 1. The maximum absolute atomic E-state index is 12.5. The predicted octanol–water partition coefficient (Wildman–Crippen LogP) is 2.44. The highest BCUT2D eigenvalue weighted by Gasteiger charge is 2.26. The summed E-state index contributed by atoms with van der Waals surface area (Å²) in [5.74, 6) is 6.67. The first kappa shape index (κ1) is 21.2. The zero-order valence-corrected chi connectivity index (χ0v) is 18.5. The molecule has 0 fully saturated rings. The van der Waals surface area contributed by atoms with Gasteiger partial charge in [-0.2, -0.15) is 0 Å². The van der Waals surface area contributed by atoms with Gasteiger partial charge in [-0.05, 0) is 56.0 Å². The number of rotatable bonds is 8. The second kappa shape index (κ2) is 8.98. The molecule has 162 valence electrons. The molecule has 11 heteroatoms. The Morgan fingerprint density at radius 3 is 2.74 bits per heavy atom. The van der Waals surface area contributed by atoms with Gasteiger partial charge in [-0.15, -0.1) is 21.5 Å². The number of carbonyl (C=O) groups excluding carboxylic acids is 2. The fourth-order valence-electron chi connectivity index (χ4n) is 3.49. The normalized spacial score (nSPS) is 12.5. The van der Waals surface area contributed by atoms with Crippen molar-refractivity contribution in [2.24, 2.45) is 5.73 Å². The number of aryl methyl sites for hydroxylation is 1. The number of hydrogen-bond acceptors (Lipinski definition) is 8. The summed E-state index contributed by atoms with van der Waals surface area (Å²) in [6.45, 7) is 2.51. The highest BCUT2D eigenvalue weighted by Crippen LogP contribution is 2.39. The van der Waals surface area contributed by atoms with Gasteiger partial charge < -0.3 is 21.6 Å². The lowest BCUT2D eigenvalue weighted by Gasteiger charge is -2.07. The van der Waals surface area contributed by atoms with E-state index in [0.717, 1.165) is 52.8 Å². The average molecular weight is 459 g/mol. The van der Waals surface area contributed by atoms with E-state index in [0.29, 0.717) is 28.2 Å². The van der Waals surface area contributed by atoms with Crippen molar-refractivity contribution in [3.05, 3.63) is 40.3 Å². The Hall–Kier alpha value is -3.05. The molecule has 3 aromatic rings. The number of aromatic nitrogens is 3. The SMILES string of the molecule is CCOc1ccc(-c2nnc(SCC(=O)Nc3sc4c(c3C(N)=O)CCC4)n2N)cc1. The van der Waals surface area contributed by atoms with E-state index >= 15 is 0 Å². The van der Waals surface area contributed by atoms with Crippen molar-refractivity contribution in [1.82, 2.24) is 14.9 Å². The zero-order valence-electron chi connectivity index (χ0n) is 16.9. The lowest BCUT2D eigenvalue weighted by Crippen LogP contribution is -2.19. The van der Waals surface area contributed by atoms with Gasteiger partial charge in [-0.1, -0.05) is 11.8 Å².